The van der Waals surface area contributed by atoms with E-state index in [1.807, 2.05) is 0 Å². The van der Waals surface area contributed by atoms with Gasteiger partial charge >= 0.3 is 5.97 Å². The van der Waals surface area contributed by atoms with Crippen LogP contribution in [0.2, 0.25) is 0 Å². The lowest BCUT2D eigenvalue weighted by atomic mass is 10.3. The number of carbonyl (C=O) groups is 2. The predicted molar refractivity (Wildman–Crippen MR) is 72.8 cm³/mol. The molecule has 1 aromatic rings. The highest BCUT2D eigenvalue weighted by molar-refractivity contribution is 7.89. The van der Waals surface area contributed by atoms with E-state index < -0.39 is 16.0 Å². The second-order valence-electron chi connectivity index (χ2n) is 4.10. The highest BCUT2D eigenvalue weighted by atomic mass is 32.2. The third-order valence-electron chi connectivity index (χ3n) is 2.34. The monoisotopic (exact) mass is 300 g/mol. The van der Waals surface area contributed by atoms with Crippen LogP contribution in [-0.2, 0) is 19.6 Å². The Labute approximate surface area is 117 Å². The van der Waals surface area contributed by atoms with Crippen molar-refractivity contribution in [2.24, 2.45) is 0 Å². The Morgan fingerprint density at radius 2 is 1.80 bits per heavy atom. The zero-order valence-corrected chi connectivity index (χ0v) is 11.7. The van der Waals surface area contributed by atoms with Crippen molar-refractivity contribution < 1.29 is 23.1 Å². The molecule has 0 bridgehead atoms. The van der Waals surface area contributed by atoms with Crippen molar-refractivity contribution >= 4 is 27.6 Å². The van der Waals surface area contributed by atoms with Crippen molar-refractivity contribution in [2.75, 3.05) is 11.9 Å². The largest absolute Gasteiger partial charge is 0.481 e. The Kier molecular flexibility index (Phi) is 5.66. The van der Waals surface area contributed by atoms with Crippen molar-refractivity contribution in [3.05, 3.63) is 24.3 Å². The number of carboxylic acids is 1. The van der Waals surface area contributed by atoms with Gasteiger partial charge in [-0.3, -0.25) is 9.59 Å². The van der Waals surface area contributed by atoms with Gasteiger partial charge in [0.1, 0.15) is 0 Å². The van der Waals surface area contributed by atoms with Gasteiger partial charge in [0, 0.05) is 25.6 Å². The topological polar surface area (TPSA) is 113 Å². The molecule has 0 saturated carbocycles. The fraction of sp³-hybridized carbons (Fsp3) is 0.333. The summed E-state index contributed by atoms with van der Waals surface area (Å²) in [4.78, 5) is 21.2. The fourth-order valence-electron chi connectivity index (χ4n) is 1.45. The van der Waals surface area contributed by atoms with Crippen LogP contribution in [0.1, 0.15) is 19.8 Å². The number of hydrogen-bond donors (Lipinski definition) is 3. The Hall–Kier alpha value is -1.93. The number of carbonyl (C=O) groups excluding carboxylic acids is 1. The van der Waals surface area contributed by atoms with E-state index in [9.17, 15) is 18.0 Å². The number of anilines is 1. The summed E-state index contributed by atoms with van der Waals surface area (Å²) in [5.74, 6) is -1.21. The maximum Gasteiger partial charge on any atom is 0.303 e. The summed E-state index contributed by atoms with van der Waals surface area (Å²) < 4.78 is 26.0. The van der Waals surface area contributed by atoms with Crippen molar-refractivity contribution in [2.45, 2.75) is 24.7 Å². The van der Waals surface area contributed by atoms with Gasteiger partial charge in [0.05, 0.1) is 4.90 Å². The van der Waals surface area contributed by atoms with Gasteiger partial charge in [-0.15, -0.1) is 0 Å². The van der Waals surface area contributed by atoms with Crippen LogP contribution in [0.4, 0.5) is 5.69 Å². The quantitative estimate of drug-likeness (QED) is 0.644. The van der Waals surface area contributed by atoms with E-state index in [4.69, 9.17) is 5.11 Å². The van der Waals surface area contributed by atoms with Crippen LogP contribution in [0.25, 0.3) is 0 Å². The van der Waals surface area contributed by atoms with E-state index in [1.165, 1.54) is 31.2 Å². The average Bonchev–Trinajstić information content (AvgIpc) is 2.34. The molecule has 0 aliphatic heterocycles. The minimum Gasteiger partial charge on any atom is -0.481 e. The Morgan fingerprint density at radius 1 is 1.20 bits per heavy atom. The maximum absolute atomic E-state index is 11.9. The molecule has 8 heteroatoms. The minimum absolute atomic E-state index is 0.0573. The number of benzene rings is 1. The molecule has 0 radical (unpaired) electrons. The highest BCUT2D eigenvalue weighted by Gasteiger charge is 2.13. The standard InChI is InChI=1S/C12H16N2O5S/c1-9(15)14-10-4-6-11(7-5-10)20(18,19)13-8-2-3-12(16)17/h4-7,13H,2-3,8H2,1H3,(H,14,15)(H,16,17). The number of amides is 1. The Morgan fingerprint density at radius 3 is 2.30 bits per heavy atom. The minimum atomic E-state index is -3.66. The summed E-state index contributed by atoms with van der Waals surface area (Å²) in [5.41, 5.74) is 0.502. The van der Waals surface area contributed by atoms with E-state index in [1.54, 1.807) is 0 Å². The third kappa shape index (κ3) is 5.37. The molecule has 0 heterocycles. The van der Waals surface area contributed by atoms with E-state index in [-0.39, 0.29) is 30.2 Å². The van der Waals surface area contributed by atoms with Gasteiger partial charge in [-0.1, -0.05) is 0 Å². The van der Waals surface area contributed by atoms with E-state index in [0.717, 1.165) is 0 Å². The molecule has 0 saturated heterocycles. The van der Waals surface area contributed by atoms with Gasteiger partial charge in [0.2, 0.25) is 15.9 Å². The molecule has 0 aliphatic carbocycles. The number of hydrogen-bond acceptors (Lipinski definition) is 4. The molecule has 0 fully saturated rings. The molecule has 1 amide bonds. The normalized spacial score (nSPS) is 11.1. The molecule has 110 valence electrons. The molecule has 20 heavy (non-hydrogen) atoms. The van der Waals surface area contributed by atoms with E-state index in [2.05, 4.69) is 10.0 Å². The van der Waals surface area contributed by atoms with Crippen LogP contribution in [-0.4, -0.2) is 31.9 Å². The summed E-state index contributed by atoms with van der Waals surface area (Å²) in [7, 11) is -3.66. The first-order valence-corrected chi connectivity index (χ1v) is 7.39. The van der Waals surface area contributed by atoms with Crippen molar-refractivity contribution in [1.82, 2.24) is 4.72 Å². The van der Waals surface area contributed by atoms with Crippen LogP contribution >= 0.6 is 0 Å². The summed E-state index contributed by atoms with van der Waals surface area (Å²) >= 11 is 0. The Bertz CT molecular complexity index is 580. The SMILES string of the molecule is CC(=O)Nc1ccc(S(=O)(=O)NCCCC(=O)O)cc1. The second kappa shape index (κ2) is 7.01. The zero-order chi connectivity index (χ0) is 15.2. The summed E-state index contributed by atoms with van der Waals surface area (Å²) in [6.45, 7) is 1.41. The number of sulfonamides is 1. The van der Waals surface area contributed by atoms with Gasteiger partial charge in [0.15, 0.2) is 0 Å². The van der Waals surface area contributed by atoms with Gasteiger partial charge in [-0.2, -0.15) is 0 Å². The molecule has 0 unspecified atom stereocenters. The van der Waals surface area contributed by atoms with Crippen LogP contribution < -0.4 is 10.0 Å². The lowest BCUT2D eigenvalue weighted by Gasteiger charge is -2.07. The number of aliphatic carboxylic acids is 1. The van der Waals surface area contributed by atoms with Gasteiger partial charge in [-0.25, -0.2) is 13.1 Å². The first kappa shape index (κ1) is 16.1. The lowest BCUT2D eigenvalue weighted by Crippen LogP contribution is -2.25. The third-order valence-corrected chi connectivity index (χ3v) is 3.82. The number of carboxylic acid groups (broad SMARTS) is 1. The van der Waals surface area contributed by atoms with E-state index in [0.29, 0.717) is 5.69 Å². The smallest absolute Gasteiger partial charge is 0.303 e. The molecular formula is C12H16N2O5S. The zero-order valence-electron chi connectivity index (χ0n) is 10.9. The average molecular weight is 300 g/mol. The van der Waals surface area contributed by atoms with Crippen LogP contribution in [0, 0.1) is 0 Å². The van der Waals surface area contributed by atoms with Crippen molar-refractivity contribution in [3.63, 3.8) is 0 Å². The van der Waals surface area contributed by atoms with Gasteiger partial charge in [-0.05, 0) is 30.7 Å². The van der Waals surface area contributed by atoms with E-state index >= 15 is 0 Å². The summed E-state index contributed by atoms with van der Waals surface area (Å²) in [6.07, 6.45) is 0.128. The molecule has 7 nitrogen and oxygen atoms in total. The van der Waals surface area contributed by atoms with Crippen LogP contribution in [0.3, 0.4) is 0 Å². The number of rotatable bonds is 7. The highest BCUT2D eigenvalue weighted by Crippen LogP contribution is 2.13. The van der Waals surface area contributed by atoms with Crippen molar-refractivity contribution in [3.8, 4) is 0 Å². The van der Waals surface area contributed by atoms with Crippen molar-refractivity contribution in [1.29, 1.82) is 0 Å². The Balaban J connectivity index is 2.63. The number of nitrogens with one attached hydrogen (secondary N) is 2. The second-order valence-corrected chi connectivity index (χ2v) is 5.87. The molecule has 1 aromatic carbocycles. The fourth-order valence-corrected chi connectivity index (χ4v) is 2.52. The maximum atomic E-state index is 11.9. The van der Waals surface area contributed by atoms with Gasteiger partial charge < -0.3 is 10.4 Å². The molecule has 0 spiro atoms. The molecule has 0 aliphatic rings. The summed E-state index contributed by atoms with van der Waals surface area (Å²) in [6, 6.07) is 5.69. The molecule has 0 aromatic heterocycles. The van der Waals surface area contributed by atoms with Crippen LogP contribution in [0.15, 0.2) is 29.2 Å². The lowest BCUT2D eigenvalue weighted by molar-refractivity contribution is -0.137. The molecule has 3 N–H and O–H groups in total. The first-order valence-electron chi connectivity index (χ1n) is 5.90. The summed E-state index contributed by atoms with van der Waals surface area (Å²) in [5, 5.41) is 11.0. The van der Waals surface area contributed by atoms with Crippen LogP contribution in [0.5, 0.6) is 0 Å². The predicted octanol–water partition coefficient (Wildman–Crippen LogP) is 0.788. The molecule has 0 atom stereocenters. The van der Waals surface area contributed by atoms with Gasteiger partial charge in [0.25, 0.3) is 0 Å². The first-order chi connectivity index (χ1) is 9.31. The molecule has 1 rings (SSSR count). The molecular weight excluding hydrogens is 284 g/mol.